The minimum atomic E-state index is -1.23. The van der Waals surface area contributed by atoms with Crippen molar-refractivity contribution in [2.45, 2.75) is 13.0 Å². The van der Waals surface area contributed by atoms with Crippen molar-refractivity contribution in [3.8, 4) is 0 Å². The SMILES string of the molecule is CCOC(=O)C(N)C(=O)NCCN(C)C. The van der Waals surface area contributed by atoms with Gasteiger partial charge in [0.1, 0.15) is 0 Å². The number of likely N-dealkylation sites (N-methyl/N-ethyl adjacent to an activating group) is 1. The van der Waals surface area contributed by atoms with E-state index in [-0.39, 0.29) is 6.61 Å². The van der Waals surface area contributed by atoms with Crippen LogP contribution >= 0.6 is 0 Å². The van der Waals surface area contributed by atoms with Crippen LogP contribution in [0.1, 0.15) is 6.92 Å². The van der Waals surface area contributed by atoms with Crippen LogP contribution in [0.2, 0.25) is 0 Å². The second-order valence-corrected chi connectivity index (χ2v) is 3.32. The van der Waals surface area contributed by atoms with Gasteiger partial charge in [-0.15, -0.1) is 0 Å². The van der Waals surface area contributed by atoms with Crippen LogP contribution in [0.5, 0.6) is 0 Å². The van der Waals surface area contributed by atoms with Crippen molar-refractivity contribution in [3.63, 3.8) is 0 Å². The molecule has 0 aromatic rings. The van der Waals surface area contributed by atoms with Crippen molar-refractivity contribution in [2.24, 2.45) is 5.73 Å². The molecule has 0 aliphatic carbocycles. The quantitative estimate of drug-likeness (QED) is 0.420. The lowest BCUT2D eigenvalue weighted by Crippen LogP contribution is -2.48. The van der Waals surface area contributed by atoms with Crippen molar-refractivity contribution in [1.29, 1.82) is 0 Å². The lowest BCUT2D eigenvalue weighted by atomic mass is 10.3. The Morgan fingerprint density at radius 2 is 2.07 bits per heavy atom. The van der Waals surface area contributed by atoms with Crippen molar-refractivity contribution in [3.05, 3.63) is 0 Å². The van der Waals surface area contributed by atoms with Gasteiger partial charge < -0.3 is 20.7 Å². The number of esters is 1. The van der Waals surface area contributed by atoms with E-state index in [0.29, 0.717) is 13.1 Å². The normalized spacial score (nSPS) is 12.3. The van der Waals surface area contributed by atoms with Crippen LogP contribution in [0.4, 0.5) is 0 Å². The minimum Gasteiger partial charge on any atom is -0.464 e. The molecule has 0 saturated heterocycles. The topological polar surface area (TPSA) is 84.7 Å². The summed E-state index contributed by atoms with van der Waals surface area (Å²) in [5, 5.41) is 2.55. The standard InChI is InChI=1S/C9H19N3O3/c1-4-15-9(14)7(10)8(13)11-5-6-12(2)3/h7H,4-6,10H2,1-3H3,(H,11,13). The maximum absolute atomic E-state index is 11.3. The molecule has 6 nitrogen and oxygen atoms in total. The molecular weight excluding hydrogens is 198 g/mol. The third-order valence-corrected chi connectivity index (χ3v) is 1.68. The molecule has 1 unspecified atom stereocenters. The maximum atomic E-state index is 11.3. The Labute approximate surface area is 89.7 Å². The van der Waals surface area contributed by atoms with E-state index in [9.17, 15) is 9.59 Å². The zero-order valence-corrected chi connectivity index (χ0v) is 9.45. The maximum Gasteiger partial charge on any atom is 0.332 e. The van der Waals surface area contributed by atoms with Crippen LogP contribution < -0.4 is 11.1 Å². The van der Waals surface area contributed by atoms with Crippen LogP contribution in [0.25, 0.3) is 0 Å². The molecule has 15 heavy (non-hydrogen) atoms. The summed E-state index contributed by atoms with van der Waals surface area (Å²) in [6, 6.07) is -1.23. The molecule has 0 fully saturated rings. The second kappa shape index (κ2) is 7.19. The van der Waals surface area contributed by atoms with E-state index in [1.54, 1.807) is 6.92 Å². The summed E-state index contributed by atoms with van der Waals surface area (Å²) in [5.74, 6) is -1.20. The minimum absolute atomic E-state index is 0.220. The highest BCUT2D eigenvalue weighted by atomic mass is 16.5. The van der Waals surface area contributed by atoms with Crippen LogP contribution in [-0.4, -0.2) is 56.6 Å². The average Bonchev–Trinajstić information content (AvgIpc) is 2.16. The lowest BCUT2D eigenvalue weighted by Gasteiger charge is -2.13. The third kappa shape index (κ3) is 6.03. The highest BCUT2D eigenvalue weighted by Crippen LogP contribution is 1.86. The summed E-state index contributed by atoms with van der Waals surface area (Å²) in [5.41, 5.74) is 5.36. The summed E-state index contributed by atoms with van der Waals surface area (Å²) < 4.78 is 4.62. The summed E-state index contributed by atoms with van der Waals surface area (Å²) >= 11 is 0. The molecular formula is C9H19N3O3. The molecule has 1 atom stereocenters. The Kier molecular flexibility index (Phi) is 6.64. The average molecular weight is 217 g/mol. The van der Waals surface area contributed by atoms with Crippen LogP contribution in [0.3, 0.4) is 0 Å². The summed E-state index contributed by atoms with van der Waals surface area (Å²) in [4.78, 5) is 24.3. The number of hydrogen-bond donors (Lipinski definition) is 2. The molecule has 1 amide bonds. The molecule has 0 aliphatic rings. The molecule has 0 saturated carbocycles. The number of nitrogens with two attached hydrogens (primary N) is 1. The van der Waals surface area contributed by atoms with Gasteiger partial charge in [0, 0.05) is 13.1 Å². The Hall–Kier alpha value is -1.14. The van der Waals surface area contributed by atoms with Gasteiger partial charge >= 0.3 is 5.97 Å². The molecule has 88 valence electrons. The van der Waals surface area contributed by atoms with Gasteiger partial charge in [-0.3, -0.25) is 4.79 Å². The number of hydrogen-bond acceptors (Lipinski definition) is 5. The summed E-state index contributed by atoms with van der Waals surface area (Å²) in [6.07, 6.45) is 0. The number of amides is 1. The van der Waals surface area contributed by atoms with Crippen LogP contribution in [-0.2, 0) is 14.3 Å². The number of rotatable bonds is 6. The van der Waals surface area contributed by atoms with E-state index < -0.39 is 17.9 Å². The monoisotopic (exact) mass is 217 g/mol. The number of nitrogens with one attached hydrogen (secondary N) is 1. The smallest absolute Gasteiger partial charge is 0.332 e. The first-order chi connectivity index (χ1) is 6.99. The highest BCUT2D eigenvalue weighted by molar-refractivity contribution is 6.01. The van der Waals surface area contributed by atoms with Gasteiger partial charge in [-0.1, -0.05) is 0 Å². The Bertz CT molecular complexity index is 219. The molecule has 0 aliphatic heterocycles. The van der Waals surface area contributed by atoms with Gasteiger partial charge in [-0.25, -0.2) is 4.79 Å². The fraction of sp³-hybridized carbons (Fsp3) is 0.778. The highest BCUT2D eigenvalue weighted by Gasteiger charge is 2.22. The van der Waals surface area contributed by atoms with E-state index in [1.807, 2.05) is 19.0 Å². The number of carbonyl (C=O) groups excluding carboxylic acids is 2. The van der Waals surface area contributed by atoms with Gasteiger partial charge in [0.05, 0.1) is 6.61 Å². The molecule has 3 N–H and O–H groups in total. The van der Waals surface area contributed by atoms with Crippen LogP contribution in [0.15, 0.2) is 0 Å². The largest absolute Gasteiger partial charge is 0.464 e. The van der Waals surface area contributed by atoms with E-state index >= 15 is 0 Å². The number of ether oxygens (including phenoxy) is 1. The third-order valence-electron chi connectivity index (χ3n) is 1.68. The van der Waals surface area contributed by atoms with E-state index in [2.05, 4.69) is 10.1 Å². The Morgan fingerprint density at radius 3 is 2.53 bits per heavy atom. The molecule has 0 aromatic carbocycles. The Balaban J connectivity index is 3.83. The van der Waals surface area contributed by atoms with E-state index in [4.69, 9.17) is 5.73 Å². The molecule has 6 heteroatoms. The van der Waals surface area contributed by atoms with Crippen molar-refractivity contribution < 1.29 is 14.3 Å². The van der Waals surface area contributed by atoms with Crippen molar-refractivity contribution in [1.82, 2.24) is 10.2 Å². The zero-order valence-electron chi connectivity index (χ0n) is 9.45. The lowest BCUT2D eigenvalue weighted by molar-refractivity contribution is -0.147. The van der Waals surface area contributed by atoms with Crippen molar-refractivity contribution >= 4 is 11.9 Å². The predicted molar refractivity (Wildman–Crippen MR) is 56.2 cm³/mol. The van der Waals surface area contributed by atoms with Crippen LogP contribution in [0, 0.1) is 0 Å². The van der Waals surface area contributed by atoms with Crippen molar-refractivity contribution in [2.75, 3.05) is 33.8 Å². The fourth-order valence-corrected chi connectivity index (χ4v) is 0.852. The summed E-state index contributed by atoms with van der Waals surface area (Å²) in [6.45, 7) is 3.03. The molecule has 0 aromatic heterocycles. The van der Waals surface area contributed by atoms with Gasteiger partial charge in [0.2, 0.25) is 5.91 Å². The van der Waals surface area contributed by atoms with E-state index in [0.717, 1.165) is 0 Å². The predicted octanol–water partition coefficient (Wildman–Crippen LogP) is -1.45. The zero-order chi connectivity index (χ0) is 11.8. The first kappa shape index (κ1) is 13.9. The summed E-state index contributed by atoms with van der Waals surface area (Å²) in [7, 11) is 3.77. The van der Waals surface area contributed by atoms with Gasteiger partial charge in [0.15, 0.2) is 6.04 Å². The first-order valence-electron chi connectivity index (χ1n) is 4.83. The van der Waals surface area contributed by atoms with Gasteiger partial charge in [-0.2, -0.15) is 0 Å². The first-order valence-corrected chi connectivity index (χ1v) is 4.83. The Morgan fingerprint density at radius 1 is 1.47 bits per heavy atom. The molecule has 0 heterocycles. The molecule has 0 radical (unpaired) electrons. The van der Waals surface area contributed by atoms with Gasteiger partial charge in [0.25, 0.3) is 0 Å². The second-order valence-electron chi connectivity index (χ2n) is 3.32. The fourth-order valence-electron chi connectivity index (χ4n) is 0.852. The number of carbonyl (C=O) groups is 2. The number of nitrogens with zero attached hydrogens (tertiary/aromatic N) is 1. The van der Waals surface area contributed by atoms with E-state index in [1.165, 1.54) is 0 Å². The molecule has 0 rings (SSSR count). The molecule has 0 bridgehead atoms. The molecule has 0 spiro atoms. The van der Waals surface area contributed by atoms with Gasteiger partial charge in [-0.05, 0) is 21.0 Å².